The molecule has 12 heteroatoms. The highest BCUT2D eigenvalue weighted by Crippen LogP contribution is 2.40. The van der Waals surface area contributed by atoms with E-state index in [1.807, 2.05) is 36.0 Å². The second kappa shape index (κ2) is 9.73. The molecule has 3 N–H and O–H groups in total. The summed E-state index contributed by atoms with van der Waals surface area (Å²) in [6, 6.07) is 8.67. The van der Waals surface area contributed by atoms with Gasteiger partial charge in [0.15, 0.2) is 11.0 Å². The smallest absolute Gasteiger partial charge is 0.293 e. The first-order valence-electron chi connectivity index (χ1n) is 12.1. The van der Waals surface area contributed by atoms with E-state index in [2.05, 4.69) is 20.6 Å². The molecule has 1 aromatic carbocycles. The number of halogens is 2. The van der Waals surface area contributed by atoms with Crippen LogP contribution < -0.4 is 10.4 Å². The van der Waals surface area contributed by atoms with Crippen molar-refractivity contribution < 1.29 is 13.9 Å². The molecule has 0 saturated heterocycles. The monoisotopic (exact) mass is 549 g/mol. The summed E-state index contributed by atoms with van der Waals surface area (Å²) < 4.78 is 18.7. The van der Waals surface area contributed by atoms with Crippen LogP contribution in [0.3, 0.4) is 0 Å². The van der Waals surface area contributed by atoms with Crippen LogP contribution in [-0.4, -0.2) is 36.2 Å². The maximum absolute atomic E-state index is 15.2. The zero-order chi connectivity index (χ0) is 26.4. The van der Waals surface area contributed by atoms with E-state index in [-0.39, 0.29) is 11.1 Å². The normalized spacial score (nSPS) is 14.1. The van der Waals surface area contributed by atoms with Gasteiger partial charge in [-0.05, 0) is 49.1 Å². The van der Waals surface area contributed by atoms with Crippen molar-refractivity contribution in [2.45, 2.75) is 32.2 Å². The lowest BCUT2D eigenvalue weighted by Crippen LogP contribution is -2.33. The van der Waals surface area contributed by atoms with Crippen LogP contribution in [0.4, 0.5) is 4.39 Å². The molecule has 0 aliphatic heterocycles. The molecule has 1 amide bonds. The van der Waals surface area contributed by atoms with Crippen molar-refractivity contribution in [3.63, 3.8) is 0 Å². The van der Waals surface area contributed by atoms with Gasteiger partial charge in [0.05, 0.1) is 33.4 Å². The fraction of sp³-hybridized carbons (Fsp3) is 0.231. The number of benzene rings is 1. The molecular weight excluding hydrogens is 527 g/mol. The van der Waals surface area contributed by atoms with E-state index in [0.717, 1.165) is 28.1 Å². The van der Waals surface area contributed by atoms with Crippen molar-refractivity contribution in [1.29, 1.82) is 0 Å². The van der Waals surface area contributed by atoms with E-state index in [9.17, 15) is 4.79 Å². The maximum atomic E-state index is 15.2. The average Bonchev–Trinajstić information content (AvgIpc) is 3.28. The number of carbonyl (C=O) groups is 1. The fourth-order valence-corrected chi connectivity index (χ4v) is 5.77. The number of rotatable bonds is 8. The lowest BCUT2D eigenvalue weighted by Gasteiger charge is -2.18. The molecule has 4 heterocycles. The largest absolute Gasteiger partial charge is 0.365 e. The fourth-order valence-electron chi connectivity index (χ4n) is 4.61. The number of nitrogens with zero attached hydrogens (tertiary/aromatic N) is 6. The first kappa shape index (κ1) is 24.4. The van der Waals surface area contributed by atoms with Crippen molar-refractivity contribution in [3.8, 4) is 27.3 Å². The molecule has 1 aliphatic rings. The van der Waals surface area contributed by atoms with Crippen LogP contribution in [0.15, 0.2) is 55.2 Å². The van der Waals surface area contributed by atoms with Crippen LogP contribution in [0.2, 0.25) is 5.02 Å². The number of aromatic nitrogens is 7. The van der Waals surface area contributed by atoms with Gasteiger partial charge in [-0.2, -0.15) is 5.10 Å². The zero-order valence-electron chi connectivity index (χ0n) is 20.3. The third-order valence-electron chi connectivity index (χ3n) is 6.72. The highest BCUT2D eigenvalue weighted by atomic mass is 35.5. The highest BCUT2D eigenvalue weighted by Gasteiger charge is 2.29. The number of pyridine rings is 1. The number of H-pyrrole nitrogens is 1. The minimum absolute atomic E-state index is 0.0138. The number of hydrogen-bond donors (Lipinski definition) is 2. The number of carbonyl (C=O) groups excluding carboxylic acids is 1. The zero-order valence-corrected chi connectivity index (χ0v) is 21.9. The molecule has 1 saturated carbocycles. The highest BCUT2D eigenvalue weighted by molar-refractivity contribution is 7.17. The van der Waals surface area contributed by atoms with Crippen molar-refractivity contribution in [3.05, 3.63) is 82.2 Å². The molecule has 0 spiro atoms. The van der Waals surface area contributed by atoms with Gasteiger partial charge >= 0.3 is 0 Å². The topological polar surface area (TPSA) is 119 Å². The van der Waals surface area contributed by atoms with Gasteiger partial charge in [-0.15, -0.1) is 16.0 Å². The number of hydrogen-bond acceptors (Lipinski definition) is 6. The van der Waals surface area contributed by atoms with Crippen LogP contribution in [0.25, 0.3) is 27.3 Å². The first-order chi connectivity index (χ1) is 18.4. The molecule has 5 aromatic rings. The van der Waals surface area contributed by atoms with Crippen LogP contribution >= 0.6 is 22.9 Å². The van der Waals surface area contributed by atoms with Crippen molar-refractivity contribution >= 4 is 28.8 Å². The molecule has 1 atom stereocenters. The van der Waals surface area contributed by atoms with Gasteiger partial charge in [0.1, 0.15) is 10.8 Å². The Hall–Kier alpha value is -3.96. The van der Waals surface area contributed by atoms with Gasteiger partial charge in [-0.1, -0.05) is 35.7 Å². The molecule has 1 aliphatic carbocycles. The summed E-state index contributed by atoms with van der Waals surface area (Å²) in [7, 11) is 0. The minimum Gasteiger partial charge on any atom is -0.365 e. The number of amides is 1. The Kier molecular flexibility index (Phi) is 6.24. The quantitative estimate of drug-likeness (QED) is 0.273. The van der Waals surface area contributed by atoms with Gasteiger partial charge in [-0.25, -0.2) is 4.39 Å². The Bertz CT molecular complexity index is 1630. The van der Waals surface area contributed by atoms with Gasteiger partial charge in [0.2, 0.25) is 0 Å². The Morgan fingerprint density at radius 3 is 2.79 bits per heavy atom. The summed E-state index contributed by atoms with van der Waals surface area (Å²) in [6.07, 6.45) is 10.2. The SMILES string of the molecule is Cc1cc(C(N)=O)sc1-c1cnn(C(CC2CC2)c2ccc(-c3c(-[n+]4cnn[nH]4)ccc(Cl)c3F)cn2)c1. The lowest BCUT2D eigenvalue weighted by atomic mass is 10.0. The second-order valence-electron chi connectivity index (χ2n) is 9.42. The summed E-state index contributed by atoms with van der Waals surface area (Å²) in [5.74, 6) is -0.372. The Balaban J connectivity index is 1.35. The molecule has 1 unspecified atom stereocenters. The van der Waals surface area contributed by atoms with Gasteiger partial charge in [0.25, 0.3) is 12.2 Å². The number of tetrazole rings is 1. The van der Waals surface area contributed by atoms with E-state index >= 15 is 4.39 Å². The van der Waals surface area contributed by atoms with Crippen molar-refractivity contribution in [1.82, 2.24) is 30.3 Å². The number of aryl methyl sites for hydroxylation is 1. The molecule has 38 heavy (non-hydrogen) atoms. The number of nitrogens with two attached hydrogens (primary N) is 1. The predicted molar refractivity (Wildman–Crippen MR) is 140 cm³/mol. The standard InChI is InChI=1S/C26H22ClFN8OS/c1-14-8-22(26(29)37)38-25(14)17-11-32-35(12-17)21(9-15-2-3-15)19-6-4-16(10-30-19)23-20(36-13-31-33-34-36)7-5-18(27)24(23)28/h4-8,10-13,15,21H,2-3,9H2,1H3,(H2,29,37)/p+1. The van der Waals surface area contributed by atoms with Crippen molar-refractivity contribution in [2.24, 2.45) is 11.7 Å². The van der Waals surface area contributed by atoms with E-state index in [0.29, 0.717) is 27.6 Å². The molecular formula is C26H23ClFN8OS+. The summed E-state index contributed by atoms with van der Waals surface area (Å²) in [6.45, 7) is 1.96. The molecule has 4 aromatic heterocycles. The van der Waals surface area contributed by atoms with Crippen LogP contribution in [0.5, 0.6) is 0 Å². The Morgan fingerprint density at radius 2 is 2.13 bits per heavy atom. The number of nitrogens with one attached hydrogen (secondary N) is 1. The predicted octanol–water partition coefficient (Wildman–Crippen LogP) is 4.66. The minimum atomic E-state index is -0.547. The van der Waals surface area contributed by atoms with E-state index < -0.39 is 11.7 Å². The second-order valence-corrected chi connectivity index (χ2v) is 10.9. The van der Waals surface area contributed by atoms with Gasteiger partial charge in [-0.3, -0.25) is 14.5 Å². The summed E-state index contributed by atoms with van der Waals surface area (Å²) in [5.41, 5.74) is 9.60. The third kappa shape index (κ3) is 4.59. The number of aromatic amines is 1. The average molecular weight is 550 g/mol. The summed E-state index contributed by atoms with van der Waals surface area (Å²) >= 11 is 7.49. The van der Waals surface area contributed by atoms with Gasteiger partial charge in [0, 0.05) is 28.4 Å². The third-order valence-corrected chi connectivity index (χ3v) is 8.32. The maximum Gasteiger partial charge on any atom is 0.293 e. The van der Waals surface area contributed by atoms with Crippen LogP contribution in [0.1, 0.15) is 46.2 Å². The summed E-state index contributed by atoms with van der Waals surface area (Å²) in [4.78, 5) is 17.9. The van der Waals surface area contributed by atoms with Crippen LogP contribution in [-0.2, 0) is 0 Å². The molecule has 0 radical (unpaired) electrons. The molecule has 9 nitrogen and oxygen atoms in total. The van der Waals surface area contributed by atoms with Crippen molar-refractivity contribution in [2.75, 3.05) is 0 Å². The molecule has 0 bridgehead atoms. The van der Waals surface area contributed by atoms with Crippen LogP contribution in [0, 0.1) is 18.7 Å². The van der Waals surface area contributed by atoms with Gasteiger partial charge < -0.3 is 5.73 Å². The van der Waals surface area contributed by atoms with E-state index in [1.165, 1.54) is 41.3 Å². The van der Waals surface area contributed by atoms with E-state index in [1.54, 1.807) is 18.5 Å². The first-order valence-corrected chi connectivity index (χ1v) is 13.3. The molecule has 6 rings (SSSR count). The number of primary amides is 1. The molecule has 192 valence electrons. The number of thiophene rings is 1. The lowest BCUT2D eigenvalue weighted by molar-refractivity contribution is -0.659. The summed E-state index contributed by atoms with van der Waals surface area (Å²) in [5, 5.41) is 14.9. The van der Waals surface area contributed by atoms with E-state index in [4.69, 9.17) is 22.3 Å². The molecule has 1 fully saturated rings. The Morgan fingerprint density at radius 1 is 1.29 bits per heavy atom. The Labute approximate surface area is 226 Å².